The van der Waals surface area contributed by atoms with Crippen LogP contribution < -0.4 is 11.1 Å². The number of aromatic nitrogens is 2. The molecular formula is C11H10N4O4. The topological polar surface area (TPSA) is 131 Å². The number of amides is 1. The first-order valence-electron chi connectivity index (χ1n) is 5.22. The van der Waals surface area contributed by atoms with Gasteiger partial charge in [-0.2, -0.15) is 0 Å². The maximum absolute atomic E-state index is 11.8. The fourth-order valence-corrected chi connectivity index (χ4v) is 1.47. The standard InChI is InChI=1S/C11H10N4O4/c1-5-4-6(11(17)18)2-3-7(5)13-10(16)8-9(12)15-19-14-8/h2-4H,1H3,(H2,12,15)(H,13,16)(H,17,18). The highest BCUT2D eigenvalue weighted by atomic mass is 16.6. The number of benzene rings is 1. The second kappa shape index (κ2) is 4.77. The summed E-state index contributed by atoms with van der Waals surface area (Å²) in [6, 6.07) is 4.32. The highest BCUT2D eigenvalue weighted by Gasteiger charge is 2.17. The zero-order valence-corrected chi connectivity index (χ0v) is 9.88. The van der Waals surface area contributed by atoms with E-state index in [1.54, 1.807) is 6.92 Å². The molecule has 0 aliphatic heterocycles. The maximum Gasteiger partial charge on any atom is 0.335 e. The van der Waals surface area contributed by atoms with Crippen LogP contribution in [0.15, 0.2) is 22.8 Å². The highest BCUT2D eigenvalue weighted by Crippen LogP contribution is 2.18. The molecule has 2 aromatic rings. The largest absolute Gasteiger partial charge is 0.478 e. The maximum atomic E-state index is 11.8. The Bertz CT molecular complexity index is 650. The van der Waals surface area contributed by atoms with E-state index in [-0.39, 0.29) is 17.1 Å². The number of hydrogen-bond donors (Lipinski definition) is 3. The van der Waals surface area contributed by atoms with Crippen LogP contribution in [0.25, 0.3) is 0 Å². The average molecular weight is 262 g/mol. The molecule has 98 valence electrons. The molecule has 4 N–H and O–H groups in total. The number of rotatable bonds is 3. The van der Waals surface area contributed by atoms with E-state index in [2.05, 4.69) is 20.3 Å². The summed E-state index contributed by atoms with van der Waals surface area (Å²) in [6.45, 7) is 1.67. The van der Waals surface area contributed by atoms with E-state index < -0.39 is 11.9 Å². The molecule has 0 aliphatic carbocycles. The molecule has 2 rings (SSSR count). The van der Waals surface area contributed by atoms with Crippen molar-refractivity contribution in [3.8, 4) is 0 Å². The minimum absolute atomic E-state index is 0.114. The first kappa shape index (κ1) is 12.6. The van der Waals surface area contributed by atoms with Gasteiger partial charge in [-0.15, -0.1) is 0 Å². The number of carboxylic acids is 1. The monoisotopic (exact) mass is 262 g/mol. The first-order chi connectivity index (χ1) is 8.99. The number of nitrogen functional groups attached to an aromatic ring is 1. The SMILES string of the molecule is Cc1cc(C(=O)O)ccc1NC(=O)c1nonc1N. The Balaban J connectivity index is 2.23. The van der Waals surface area contributed by atoms with Gasteiger partial charge in [0.1, 0.15) is 0 Å². The molecule has 0 saturated heterocycles. The fourth-order valence-electron chi connectivity index (χ4n) is 1.47. The third-order valence-electron chi connectivity index (χ3n) is 2.45. The summed E-state index contributed by atoms with van der Waals surface area (Å²) in [5.74, 6) is -1.73. The molecule has 0 spiro atoms. The van der Waals surface area contributed by atoms with Gasteiger partial charge in [-0.25, -0.2) is 9.42 Å². The van der Waals surface area contributed by atoms with Crippen molar-refractivity contribution in [1.82, 2.24) is 10.3 Å². The molecule has 0 radical (unpaired) electrons. The van der Waals surface area contributed by atoms with E-state index in [0.717, 1.165) is 0 Å². The first-order valence-corrected chi connectivity index (χ1v) is 5.22. The molecule has 8 nitrogen and oxygen atoms in total. The van der Waals surface area contributed by atoms with Crippen LogP contribution in [0.4, 0.5) is 11.5 Å². The van der Waals surface area contributed by atoms with E-state index in [9.17, 15) is 9.59 Å². The zero-order valence-electron chi connectivity index (χ0n) is 9.88. The lowest BCUT2D eigenvalue weighted by atomic mass is 10.1. The van der Waals surface area contributed by atoms with Crippen molar-refractivity contribution in [3.05, 3.63) is 35.0 Å². The van der Waals surface area contributed by atoms with E-state index >= 15 is 0 Å². The number of anilines is 2. The smallest absolute Gasteiger partial charge is 0.335 e. The van der Waals surface area contributed by atoms with Crippen molar-refractivity contribution in [2.24, 2.45) is 0 Å². The van der Waals surface area contributed by atoms with Gasteiger partial charge in [-0.05, 0) is 41.0 Å². The zero-order chi connectivity index (χ0) is 14.0. The lowest BCUT2D eigenvalue weighted by Crippen LogP contribution is -2.15. The molecule has 19 heavy (non-hydrogen) atoms. The summed E-state index contributed by atoms with van der Waals surface area (Å²) < 4.78 is 4.32. The van der Waals surface area contributed by atoms with Crippen molar-refractivity contribution in [2.75, 3.05) is 11.1 Å². The summed E-state index contributed by atoms with van der Waals surface area (Å²) >= 11 is 0. The Morgan fingerprint density at radius 2 is 2.11 bits per heavy atom. The third kappa shape index (κ3) is 2.51. The lowest BCUT2D eigenvalue weighted by molar-refractivity contribution is 0.0696. The number of aryl methyl sites for hydroxylation is 1. The number of carboxylic acid groups (broad SMARTS) is 1. The predicted molar refractivity (Wildman–Crippen MR) is 64.8 cm³/mol. The molecule has 0 bridgehead atoms. The Labute approximate surface area is 107 Å². The molecule has 0 fully saturated rings. The number of carbonyl (C=O) groups excluding carboxylic acids is 1. The van der Waals surface area contributed by atoms with E-state index in [1.807, 2.05) is 0 Å². The van der Waals surface area contributed by atoms with Crippen molar-refractivity contribution < 1.29 is 19.3 Å². The van der Waals surface area contributed by atoms with Gasteiger partial charge in [0, 0.05) is 5.69 Å². The van der Waals surface area contributed by atoms with Crippen molar-refractivity contribution in [2.45, 2.75) is 6.92 Å². The molecule has 1 aromatic heterocycles. The minimum Gasteiger partial charge on any atom is -0.478 e. The summed E-state index contributed by atoms with van der Waals surface area (Å²) in [7, 11) is 0. The van der Waals surface area contributed by atoms with Crippen LogP contribution in [0.5, 0.6) is 0 Å². The van der Waals surface area contributed by atoms with Gasteiger partial charge < -0.3 is 16.2 Å². The number of aromatic carboxylic acids is 1. The second-order valence-corrected chi connectivity index (χ2v) is 3.79. The van der Waals surface area contributed by atoms with Crippen LogP contribution in [-0.4, -0.2) is 27.3 Å². The predicted octanol–water partition coefficient (Wildman–Crippen LogP) is 0.911. The van der Waals surface area contributed by atoms with Crippen LogP contribution in [0, 0.1) is 6.92 Å². The van der Waals surface area contributed by atoms with Gasteiger partial charge in [0.2, 0.25) is 11.5 Å². The van der Waals surface area contributed by atoms with E-state index in [4.69, 9.17) is 10.8 Å². The molecule has 0 unspecified atom stereocenters. The normalized spacial score (nSPS) is 10.2. The van der Waals surface area contributed by atoms with Crippen molar-refractivity contribution in [1.29, 1.82) is 0 Å². The van der Waals surface area contributed by atoms with Crippen molar-refractivity contribution in [3.63, 3.8) is 0 Å². The van der Waals surface area contributed by atoms with Gasteiger partial charge in [0.15, 0.2) is 0 Å². The lowest BCUT2D eigenvalue weighted by Gasteiger charge is -2.07. The van der Waals surface area contributed by atoms with Gasteiger partial charge in [0.25, 0.3) is 5.91 Å². The van der Waals surface area contributed by atoms with Crippen LogP contribution in [0.2, 0.25) is 0 Å². The fraction of sp³-hybridized carbons (Fsp3) is 0.0909. The van der Waals surface area contributed by atoms with Crippen LogP contribution in [0.1, 0.15) is 26.4 Å². The Hall–Kier alpha value is -2.90. The molecule has 0 saturated carbocycles. The quantitative estimate of drug-likeness (QED) is 0.748. The van der Waals surface area contributed by atoms with Crippen LogP contribution in [0.3, 0.4) is 0 Å². The molecule has 1 heterocycles. The minimum atomic E-state index is -1.04. The average Bonchev–Trinajstić information content (AvgIpc) is 2.77. The van der Waals surface area contributed by atoms with E-state index in [0.29, 0.717) is 11.3 Å². The molecule has 1 aromatic carbocycles. The number of hydrogen-bond acceptors (Lipinski definition) is 6. The molecule has 0 atom stereocenters. The van der Waals surface area contributed by atoms with Crippen molar-refractivity contribution >= 4 is 23.4 Å². The van der Waals surface area contributed by atoms with Crippen LogP contribution >= 0.6 is 0 Å². The molecule has 1 amide bonds. The highest BCUT2D eigenvalue weighted by molar-refractivity contribution is 6.06. The van der Waals surface area contributed by atoms with Gasteiger partial charge in [0.05, 0.1) is 5.56 Å². The summed E-state index contributed by atoms with van der Waals surface area (Å²) in [6.07, 6.45) is 0. The third-order valence-corrected chi connectivity index (χ3v) is 2.45. The Morgan fingerprint density at radius 1 is 1.37 bits per heavy atom. The summed E-state index contributed by atoms with van der Waals surface area (Å²) in [5.41, 5.74) is 6.46. The number of carbonyl (C=O) groups is 2. The molecular weight excluding hydrogens is 252 g/mol. The molecule has 8 heteroatoms. The van der Waals surface area contributed by atoms with E-state index in [1.165, 1.54) is 18.2 Å². The summed E-state index contributed by atoms with van der Waals surface area (Å²) in [4.78, 5) is 22.6. The Kier molecular flexibility index (Phi) is 3.15. The number of nitrogens with one attached hydrogen (secondary N) is 1. The Morgan fingerprint density at radius 3 is 2.63 bits per heavy atom. The summed E-state index contributed by atoms with van der Waals surface area (Å²) in [5, 5.41) is 18.0. The van der Waals surface area contributed by atoms with Crippen LogP contribution in [-0.2, 0) is 0 Å². The van der Waals surface area contributed by atoms with Gasteiger partial charge >= 0.3 is 5.97 Å². The van der Waals surface area contributed by atoms with Gasteiger partial charge in [-0.3, -0.25) is 4.79 Å². The molecule has 0 aliphatic rings. The second-order valence-electron chi connectivity index (χ2n) is 3.79. The number of nitrogens with zero attached hydrogens (tertiary/aromatic N) is 2. The van der Waals surface area contributed by atoms with Gasteiger partial charge in [-0.1, -0.05) is 0 Å². The number of nitrogens with two attached hydrogens (primary N) is 1.